The summed E-state index contributed by atoms with van der Waals surface area (Å²) in [6, 6.07) is 4.63. The Bertz CT molecular complexity index is 570. The normalized spacial score (nSPS) is 16.5. The molecule has 1 aliphatic heterocycles. The molecule has 0 amide bonds. The summed E-state index contributed by atoms with van der Waals surface area (Å²) in [7, 11) is -1.54. The highest BCUT2D eigenvalue weighted by atomic mass is 79.9. The molecule has 2 aromatic rings. The van der Waals surface area contributed by atoms with Crippen molar-refractivity contribution in [1.29, 1.82) is 0 Å². The van der Waals surface area contributed by atoms with Gasteiger partial charge in [0.1, 0.15) is 8.07 Å². The summed E-state index contributed by atoms with van der Waals surface area (Å²) in [5.74, 6) is 0. The van der Waals surface area contributed by atoms with E-state index in [9.17, 15) is 0 Å². The maximum Gasteiger partial charge on any atom is 0.116 e. The number of hydrogen-bond acceptors (Lipinski definition) is 2. The molecule has 5 heteroatoms. The minimum atomic E-state index is -1.54. The molecule has 0 nitrogen and oxygen atoms in total. The van der Waals surface area contributed by atoms with Crippen LogP contribution < -0.4 is 10.4 Å². The second-order valence-corrected chi connectivity index (χ2v) is 13.9. The zero-order chi connectivity index (χ0) is 12.2. The summed E-state index contributed by atoms with van der Waals surface area (Å²) in [5, 5.41) is 3.10. The second kappa shape index (κ2) is 4.16. The Morgan fingerprint density at radius 1 is 0.882 bits per heavy atom. The van der Waals surface area contributed by atoms with E-state index < -0.39 is 8.07 Å². The molecule has 0 aliphatic carbocycles. The van der Waals surface area contributed by atoms with Gasteiger partial charge in [-0.25, -0.2) is 0 Å². The molecule has 0 spiro atoms. The van der Waals surface area contributed by atoms with Gasteiger partial charge in [-0.2, -0.15) is 0 Å². The molecule has 0 atom stereocenters. The van der Waals surface area contributed by atoms with Crippen LogP contribution in [0.3, 0.4) is 0 Å². The molecule has 0 aromatic carbocycles. The highest BCUT2D eigenvalue weighted by Crippen LogP contribution is 2.31. The SMILES string of the molecule is C[Si]1(C)c2cc(Br)sc2C=Cc2sc(Br)cc21. The maximum absolute atomic E-state index is 3.61. The molecule has 0 fully saturated rings. The predicted molar refractivity (Wildman–Crippen MR) is 89.7 cm³/mol. The van der Waals surface area contributed by atoms with E-state index in [4.69, 9.17) is 0 Å². The topological polar surface area (TPSA) is 0 Å². The summed E-state index contributed by atoms with van der Waals surface area (Å²) in [5.41, 5.74) is 0. The number of halogens is 2. The van der Waals surface area contributed by atoms with E-state index in [1.807, 2.05) is 22.7 Å². The first-order chi connectivity index (χ1) is 7.98. The Kier molecular flexibility index (Phi) is 3.03. The van der Waals surface area contributed by atoms with Crippen molar-refractivity contribution < 1.29 is 0 Å². The van der Waals surface area contributed by atoms with Crippen molar-refractivity contribution in [1.82, 2.24) is 0 Å². The molecule has 3 heterocycles. The van der Waals surface area contributed by atoms with Gasteiger partial charge >= 0.3 is 0 Å². The third-order valence-corrected chi connectivity index (χ3v) is 10.3. The molecule has 17 heavy (non-hydrogen) atoms. The zero-order valence-corrected chi connectivity index (χ0v) is 15.2. The first kappa shape index (κ1) is 12.4. The van der Waals surface area contributed by atoms with E-state index in [1.54, 1.807) is 10.4 Å². The van der Waals surface area contributed by atoms with Crippen molar-refractivity contribution in [2.75, 3.05) is 0 Å². The molecule has 3 rings (SSSR count). The van der Waals surface area contributed by atoms with Crippen LogP contribution in [0.25, 0.3) is 12.2 Å². The number of hydrogen-bond donors (Lipinski definition) is 0. The van der Waals surface area contributed by atoms with Crippen LogP contribution in [0.5, 0.6) is 0 Å². The maximum atomic E-state index is 3.61. The molecule has 0 bridgehead atoms. The lowest BCUT2D eigenvalue weighted by atomic mass is 10.4. The monoisotopic (exact) mass is 404 g/mol. The molecule has 0 saturated heterocycles. The fraction of sp³-hybridized carbons (Fsp3) is 0.167. The van der Waals surface area contributed by atoms with Crippen molar-refractivity contribution in [2.24, 2.45) is 0 Å². The Morgan fingerprint density at radius 2 is 1.29 bits per heavy atom. The fourth-order valence-electron chi connectivity index (χ4n) is 2.27. The Balaban J connectivity index is 2.31. The van der Waals surface area contributed by atoms with Crippen LogP contribution in [0.2, 0.25) is 13.1 Å². The summed E-state index contributed by atoms with van der Waals surface area (Å²) >= 11 is 10.9. The molecule has 0 radical (unpaired) electrons. The van der Waals surface area contributed by atoms with Crippen molar-refractivity contribution in [3.63, 3.8) is 0 Å². The van der Waals surface area contributed by atoms with Crippen molar-refractivity contribution >= 4 is 85.1 Å². The summed E-state index contributed by atoms with van der Waals surface area (Å²) in [4.78, 5) is 2.85. The van der Waals surface area contributed by atoms with Gasteiger partial charge in [-0.1, -0.05) is 13.1 Å². The van der Waals surface area contributed by atoms with Gasteiger partial charge in [-0.05, 0) is 66.5 Å². The van der Waals surface area contributed by atoms with Crippen molar-refractivity contribution in [2.45, 2.75) is 13.1 Å². The molecule has 2 aromatic heterocycles. The quantitative estimate of drug-likeness (QED) is 0.560. The van der Waals surface area contributed by atoms with Gasteiger partial charge in [0.15, 0.2) is 0 Å². The second-order valence-electron chi connectivity index (χ2n) is 4.62. The predicted octanol–water partition coefficient (Wildman–Crippen LogP) is 4.64. The molecule has 0 N–H and O–H groups in total. The highest BCUT2D eigenvalue weighted by molar-refractivity contribution is 9.11. The lowest BCUT2D eigenvalue weighted by Gasteiger charge is -2.21. The standard InChI is InChI=1S/C12H10Br2S2Si/c1-17(2)9-5-11(13)15-7(9)3-4-8-10(17)6-12(14)16-8/h3-6H,1-2H3. The van der Waals surface area contributed by atoms with Crippen LogP contribution in [0.15, 0.2) is 19.7 Å². The van der Waals surface area contributed by atoms with Gasteiger partial charge in [0.25, 0.3) is 0 Å². The molecule has 0 saturated carbocycles. The summed E-state index contributed by atoms with van der Waals surface area (Å²) in [6.07, 6.45) is 4.54. The largest absolute Gasteiger partial charge is 0.129 e. The summed E-state index contributed by atoms with van der Waals surface area (Å²) in [6.45, 7) is 4.88. The molecular formula is C12H10Br2S2Si. The molecule has 0 unspecified atom stereocenters. The summed E-state index contributed by atoms with van der Waals surface area (Å²) < 4.78 is 2.48. The molecular weight excluding hydrogens is 396 g/mol. The lowest BCUT2D eigenvalue weighted by Crippen LogP contribution is -2.53. The van der Waals surface area contributed by atoms with Crippen molar-refractivity contribution in [3.05, 3.63) is 29.5 Å². The third-order valence-electron chi connectivity index (χ3n) is 3.19. The van der Waals surface area contributed by atoms with Gasteiger partial charge < -0.3 is 0 Å². The Labute approximate surface area is 127 Å². The number of thiophene rings is 2. The average molecular weight is 406 g/mol. The average Bonchev–Trinajstić information content (AvgIpc) is 2.77. The first-order valence-electron chi connectivity index (χ1n) is 5.26. The van der Waals surface area contributed by atoms with E-state index in [0.717, 1.165) is 0 Å². The van der Waals surface area contributed by atoms with Gasteiger partial charge in [-0.3, -0.25) is 0 Å². The van der Waals surface area contributed by atoms with E-state index in [1.165, 1.54) is 17.3 Å². The highest BCUT2D eigenvalue weighted by Gasteiger charge is 2.34. The zero-order valence-electron chi connectivity index (χ0n) is 9.38. The lowest BCUT2D eigenvalue weighted by molar-refractivity contribution is 1.79. The molecule has 1 aliphatic rings. The van der Waals surface area contributed by atoms with E-state index >= 15 is 0 Å². The van der Waals surface area contributed by atoms with Crippen LogP contribution in [0, 0.1) is 0 Å². The van der Waals surface area contributed by atoms with Crippen molar-refractivity contribution in [3.8, 4) is 0 Å². The Hall–Kier alpha value is 0.317. The van der Waals surface area contributed by atoms with E-state index in [0.29, 0.717) is 0 Å². The van der Waals surface area contributed by atoms with Crippen LogP contribution in [0.4, 0.5) is 0 Å². The van der Waals surface area contributed by atoms with Gasteiger partial charge in [0.05, 0.1) is 7.57 Å². The van der Waals surface area contributed by atoms with Crippen LogP contribution in [0.1, 0.15) is 9.75 Å². The third kappa shape index (κ3) is 1.96. The van der Waals surface area contributed by atoms with Crippen LogP contribution in [-0.4, -0.2) is 8.07 Å². The van der Waals surface area contributed by atoms with Gasteiger partial charge in [0.2, 0.25) is 0 Å². The number of fused-ring (bicyclic) bond motifs is 2. The smallest absolute Gasteiger partial charge is 0.116 e. The number of rotatable bonds is 0. The minimum absolute atomic E-state index is 1.24. The van der Waals surface area contributed by atoms with Gasteiger partial charge in [-0.15, -0.1) is 22.7 Å². The van der Waals surface area contributed by atoms with Crippen LogP contribution in [-0.2, 0) is 0 Å². The van der Waals surface area contributed by atoms with E-state index in [2.05, 4.69) is 69.2 Å². The minimum Gasteiger partial charge on any atom is -0.129 e. The van der Waals surface area contributed by atoms with Crippen LogP contribution >= 0.6 is 54.5 Å². The van der Waals surface area contributed by atoms with E-state index in [-0.39, 0.29) is 0 Å². The first-order valence-corrected chi connectivity index (χ1v) is 11.5. The molecule has 88 valence electrons. The van der Waals surface area contributed by atoms with Gasteiger partial charge in [0, 0.05) is 9.75 Å². The Morgan fingerprint density at radius 3 is 1.71 bits per heavy atom. The fourth-order valence-corrected chi connectivity index (χ4v) is 10.3.